The fourth-order valence-electron chi connectivity index (χ4n) is 3.50. The number of amides is 2. The number of halogens is 4. The Labute approximate surface area is 162 Å². The SMILES string of the molecule is Cl.O=C(CCC1CCNC1)NC1CC(=O)N(c2cccc(C(F)(F)F)c2)C1. The molecule has 0 aromatic heterocycles. The van der Waals surface area contributed by atoms with E-state index in [1.54, 1.807) is 0 Å². The first-order valence-electron chi connectivity index (χ1n) is 8.80. The Balaban J connectivity index is 0.00000261. The average molecular weight is 406 g/mol. The Hall–Kier alpha value is -1.80. The predicted molar refractivity (Wildman–Crippen MR) is 97.8 cm³/mol. The molecule has 2 heterocycles. The second-order valence-electron chi connectivity index (χ2n) is 6.92. The van der Waals surface area contributed by atoms with E-state index < -0.39 is 11.7 Å². The summed E-state index contributed by atoms with van der Waals surface area (Å²) in [5.41, 5.74) is -0.584. The van der Waals surface area contributed by atoms with E-state index in [4.69, 9.17) is 0 Å². The van der Waals surface area contributed by atoms with Gasteiger partial charge in [-0.25, -0.2) is 0 Å². The summed E-state index contributed by atoms with van der Waals surface area (Å²) < 4.78 is 38.5. The van der Waals surface area contributed by atoms with Gasteiger partial charge in [-0.1, -0.05) is 6.07 Å². The quantitative estimate of drug-likeness (QED) is 0.791. The Kier molecular flexibility index (Phi) is 7.11. The van der Waals surface area contributed by atoms with E-state index in [9.17, 15) is 22.8 Å². The number of hydrogen-bond donors (Lipinski definition) is 2. The number of nitrogens with one attached hydrogen (secondary N) is 2. The van der Waals surface area contributed by atoms with Crippen molar-refractivity contribution in [3.05, 3.63) is 29.8 Å². The van der Waals surface area contributed by atoms with Crippen molar-refractivity contribution in [3.8, 4) is 0 Å². The minimum atomic E-state index is -4.46. The van der Waals surface area contributed by atoms with Crippen LogP contribution in [0.2, 0.25) is 0 Å². The number of carbonyl (C=O) groups excluding carboxylic acids is 2. The molecule has 2 amide bonds. The summed E-state index contributed by atoms with van der Waals surface area (Å²) >= 11 is 0. The van der Waals surface area contributed by atoms with Crippen LogP contribution in [-0.4, -0.2) is 37.5 Å². The number of alkyl halides is 3. The van der Waals surface area contributed by atoms with Gasteiger partial charge in [0.1, 0.15) is 0 Å². The molecule has 27 heavy (non-hydrogen) atoms. The zero-order chi connectivity index (χ0) is 18.7. The average Bonchev–Trinajstić information content (AvgIpc) is 3.22. The highest BCUT2D eigenvalue weighted by Gasteiger charge is 2.34. The second-order valence-corrected chi connectivity index (χ2v) is 6.92. The minimum absolute atomic E-state index is 0. The summed E-state index contributed by atoms with van der Waals surface area (Å²) in [5.74, 6) is 0.114. The fourth-order valence-corrected chi connectivity index (χ4v) is 3.50. The Bertz CT molecular complexity index is 678. The van der Waals surface area contributed by atoms with Crippen LogP contribution in [0, 0.1) is 5.92 Å². The van der Waals surface area contributed by atoms with E-state index in [2.05, 4.69) is 10.6 Å². The van der Waals surface area contributed by atoms with Gasteiger partial charge in [-0.2, -0.15) is 13.2 Å². The molecule has 9 heteroatoms. The Morgan fingerprint density at radius 1 is 1.33 bits per heavy atom. The van der Waals surface area contributed by atoms with Crippen LogP contribution in [0.25, 0.3) is 0 Å². The van der Waals surface area contributed by atoms with Gasteiger partial charge in [0.25, 0.3) is 0 Å². The van der Waals surface area contributed by atoms with Crippen LogP contribution in [0.5, 0.6) is 0 Å². The van der Waals surface area contributed by atoms with E-state index >= 15 is 0 Å². The van der Waals surface area contributed by atoms with E-state index in [1.165, 1.54) is 17.0 Å². The summed E-state index contributed by atoms with van der Waals surface area (Å²) in [4.78, 5) is 25.6. The van der Waals surface area contributed by atoms with Crippen LogP contribution in [-0.2, 0) is 15.8 Å². The number of benzene rings is 1. The van der Waals surface area contributed by atoms with Gasteiger partial charge in [-0.3, -0.25) is 9.59 Å². The monoisotopic (exact) mass is 405 g/mol. The molecule has 2 unspecified atom stereocenters. The zero-order valence-corrected chi connectivity index (χ0v) is 15.5. The summed E-state index contributed by atoms with van der Waals surface area (Å²) in [7, 11) is 0. The van der Waals surface area contributed by atoms with E-state index in [0.717, 1.165) is 38.1 Å². The molecule has 3 rings (SSSR count). The summed E-state index contributed by atoms with van der Waals surface area (Å²) in [6.45, 7) is 2.10. The molecule has 2 fully saturated rings. The third-order valence-electron chi connectivity index (χ3n) is 4.92. The van der Waals surface area contributed by atoms with Gasteiger partial charge in [-0.15, -0.1) is 12.4 Å². The van der Waals surface area contributed by atoms with Crippen LogP contribution in [0.15, 0.2) is 24.3 Å². The van der Waals surface area contributed by atoms with Crippen molar-refractivity contribution in [1.29, 1.82) is 0 Å². The van der Waals surface area contributed by atoms with E-state index in [1.807, 2.05) is 0 Å². The molecule has 2 saturated heterocycles. The van der Waals surface area contributed by atoms with Gasteiger partial charge < -0.3 is 15.5 Å². The van der Waals surface area contributed by atoms with Crippen LogP contribution in [0.1, 0.15) is 31.2 Å². The lowest BCUT2D eigenvalue weighted by Crippen LogP contribution is -2.37. The maximum Gasteiger partial charge on any atom is 0.416 e. The summed E-state index contributed by atoms with van der Waals surface area (Å²) in [6, 6.07) is 4.33. The highest BCUT2D eigenvalue weighted by Crippen LogP contribution is 2.32. The van der Waals surface area contributed by atoms with E-state index in [0.29, 0.717) is 12.3 Å². The predicted octanol–water partition coefficient (Wildman–Crippen LogP) is 2.74. The van der Waals surface area contributed by atoms with Crippen molar-refractivity contribution in [1.82, 2.24) is 10.6 Å². The molecule has 2 aliphatic heterocycles. The number of carbonyl (C=O) groups is 2. The zero-order valence-electron chi connectivity index (χ0n) is 14.7. The molecule has 0 saturated carbocycles. The lowest BCUT2D eigenvalue weighted by molar-refractivity contribution is -0.137. The molecule has 1 aromatic rings. The molecule has 0 aliphatic carbocycles. The van der Waals surface area contributed by atoms with Gasteiger partial charge in [0, 0.05) is 25.1 Å². The number of nitrogens with zero attached hydrogens (tertiary/aromatic N) is 1. The lowest BCUT2D eigenvalue weighted by Gasteiger charge is -2.19. The maximum atomic E-state index is 12.8. The largest absolute Gasteiger partial charge is 0.416 e. The number of rotatable bonds is 5. The second kappa shape index (κ2) is 8.93. The van der Waals surface area contributed by atoms with Crippen molar-refractivity contribution in [2.45, 2.75) is 37.9 Å². The molecule has 5 nitrogen and oxygen atoms in total. The van der Waals surface area contributed by atoms with Crippen molar-refractivity contribution in [2.24, 2.45) is 5.92 Å². The van der Waals surface area contributed by atoms with E-state index in [-0.39, 0.29) is 48.9 Å². The number of hydrogen-bond acceptors (Lipinski definition) is 3. The Morgan fingerprint density at radius 3 is 2.78 bits per heavy atom. The van der Waals surface area contributed by atoms with Crippen LogP contribution < -0.4 is 15.5 Å². The Morgan fingerprint density at radius 2 is 2.11 bits per heavy atom. The summed E-state index contributed by atoms with van der Waals surface area (Å²) in [5, 5.41) is 6.08. The topological polar surface area (TPSA) is 61.4 Å². The molecule has 2 atom stereocenters. The molecule has 0 radical (unpaired) electrons. The molecule has 150 valence electrons. The van der Waals surface area contributed by atoms with Crippen molar-refractivity contribution >= 4 is 29.9 Å². The molecule has 2 aliphatic rings. The van der Waals surface area contributed by atoms with Crippen molar-refractivity contribution in [2.75, 3.05) is 24.5 Å². The van der Waals surface area contributed by atoms with Crippen molar-refractivity contribution in [3.63, 3.8) is 0 Å². The normalized spacial score (nSPS) is 22.6. The van der Waals surface area contributed by atoms with Crippen LogP contribution in [0.3, 0.4) is 0 Å². The smallest absolute Gasteiger partial charge is 0.351 e. The van der Waals surface area contributed by atoms with Gasteiger partial charge in [0.2, 0.25) is 11.8 Å². The van der Waals surface area contributed by atoms with Crippen molar-refractivity contribution < 1.29 is 22.8 Å². The molecule has 0 spiro atoms. The van der Waals surface area contributed by atoms with Crippen LogP contribution in [0.4, 0.5) is 18.9 Å². The van der Waals surface area contributed by atoms with Crippen LogP contribution >= 0.6 is 12.4 Å². The molecule has 1 aromatic carbocycles. The molecular formula is C18H23ClF3N3O2. The third-order valence-corrected chi connectivity index (χ3v) is 4.92. The molecule has 2 N–H and O–H groups in total. The summed E-state index contributed by atoms with van der Waals surface area (Å²) in [6.07, 6.45) is -2.08. The standard InChI is InChI=1S/C18H22F3N3O2.ClH/c19-18(20,21)13-2-1-3-15(8-13)24-11-14(9-17(24)26)23-16(25)5-4-12-6-7-22-10-12;/h1-3,8,12,14,22H,4-7,9-11H2,(H,23,25);1H. The maximum absolute atomic E-state index is 12.8. The molecule has 0 bridgehead atoms. The fraction of sp³-hybridized carbons (Fsp3) is 0.556. The highest BCUT2D eigenvalue weighted by atomic mass is 35.5. The lowest BCUT2D eigenvalue weighted by atomic mass is 10.0. The van der Waals surface area contributed by atoms with Gasteiger partial charge in [-0.05, 0) is 50.0 Å². The van der Waals surface area contributed by atoms with Gasteiger partial charge in [0.15, 0.2) is 0 Å². The van der Waals surface area contributed by atoms with Gasteiger partial charge in [0.05, 0.1) is 11.6 Å². The number of anilines is 1. The highest BCUT2D eigenvalue weighted by molar-refractivity contribution is 5.97. The molecular weight excluding hydrogens is 383 g/mol. The first-order valence-corrected chi connectivity index (χ1v) is 8.80. The van der Waals surface area contributed by atoms with Gasteiger partial charge >= 0.3 is 6.18 Å². The third kappa shape index (κ3) is 5.59. The first-order chi connectivity index (χ1) is 12.3. The first kappa shape index (κ1) is 21.5. The minimum Gasteiger partial charge on any atom is -0.351 e.